The maximum atomic E-state index is 7.52. The van der Waals surface area contributed by atoms with Crippen LogP contribution in [0.5, 0.6) is 28.7 Å². The number of ether oxygens (including phenoxy) is 1. The average molecular weight is 1830 g/mol. The molecule has 0 amide bonds. The van der Waals surface area contributed by atoms with Gasteiger partial charge in [0.25, 0.3) is 0 Å². The Morgan fingerprint density at radius 3 is 0.603 bits per heavy atom. The summed E-state index contributed by atoms with van der Waals surface area (Å²) in [7, 11) is -6.48. The van der Waals surface area contributed by atoms with Gasteiger partial charge in [-0.25, -0.2) is 0 Å². The molecule has 0 aliphatic rings. The van der Waals surface area contributed by atoms with Crippen LogP contribution in [0.4, 0.5) is 0 Å². The van der Waals surface area contributed by atoms with Gasteiger partial charge >= 0.3 is 33.0 Å². The van der Waals surface area contributed by atoms with E-state index in [0.29, 0.717) is 28.7 Å². The van der Waals surface area contributed by atoms with E-state index in [0.717, 1.165) is 227 Å². The molecule has 686 valence electrons. The van der Waals surface area contributed by atoms with Crippen molar-refractivity contribution in [3.63, 3.8) is 0 Å². The minimum atomic E-state index is -2.13. The summed E-state index contributed by atoms with van der Waals surface area (Å²) in [5.74, 6) is 3.27. The van der Waals surface area contributed by atoms with Crippen molar-refractivity contribution >= 4 is 121 Å². The summed E-state index contributed by atoms with van der Waals surface area (Å²) in [6.07, 6.45) is 0. The second-order valence-electron chi connectivity index (χ2n) is 43.2. The highest BCUT2D eigenvalue weighted by Gasteiger charge is 2.35. The number of rotatable bonds is 11. The first-order valence-electron chi connectivity index (χ1n) is 45.6. The van der Waals surface area contributed by atoms with Crippen molar-refractivity contribution in [3.8, 4) is 51.0 Å². The summed E-state index contributed by atoms with van der Waals surface area (Å²) in [5, 5.41) is 8.02. The summed E-state index contributed by atoms with van der Waals surface area (Å²) in [6.45, 7) is 75.9. The second kappa shape index (κ2) is 35.0. The van der Waals surface area contributed by atoms with Crippen molar-refractivity contribution in [2.45, 2.75) is 275 Å². The molecule has 0 aliphatic carbocycles. The highest BCUT2D eigenvalue weighted by Crippen LogP contribution is 2.57. The van der Waals surface area contributed by atoms with E-state index in [-0.39, 0.29) is 27.1 Å². The third-order valence-electron chi connectivity index (χ3n) is 24.6. The third kappa shape index (κ3) is 19.3. The van der Waals surface area contributed by atoms with E-state index in [2.05, 4.69) is 382 Å². The van der Waals surface area contributed by atoms with Crippen LogP contribution in [-0.4, -0.2) is 7.11 Å². The standard InChI is InChI=1S/C60H72O7P2.C54H60O6P2/c1-33-21-38(6)51-41(23-33)42-24-34(2)22-39(7)52(42)63-68(62-51)67-56-46(31-40(61-20)32-50(56)60(17,18)19)45-27-37(5)30-49(59(14,15)16)55(45)66-69-64-53-43(25-35(3)28-47(53)57(8,9)10)44-26-36(4)29-48(54(44)65-69)58(11,12)13;1-29-17-35(7)47-39(21-29)40-22-30(2)18-36(8)48(40)56-61(55-47)57-49-37(9)19-31(3)23-41(49)42-24-32(4)20-38(10)50(42)58-62-59-51-43(25-33(5)27-45(51)53(11,12)13)44-26-34(6)28-46(52(44)60-62)54(14,15)16/h21-32H,1-20H3;17-28H,1-16H3. The Labute approximate surface area is 778 Å². The van der Waals surface area contributed by atoms with Crippen molar-refractivity contribution in [3.05, 3.63) is 274 Å². The molecule has 0 atom stereocenters. The number of hydrogen-bond donors (Lipinski definition) is 0. The SMILES string of the molecule is COc1cc(-c2cc(C)cc(C(C)(C)C)c2Op2oc3c(C(C)(C)C)cc(C)cc3c3cc(C)cc(C(C)(C)C)c3o2)c(Op2oc3c(C)cc(C)cc3c3cc(C)cc(C)c3o2)c(C(C)(C)C)c1.Cc1cc(C)c(Op2oc3c(C)cc(C)cc3c3cc(C)cc(C)c3o2)c(-c2cc(C)cc(C)c2Op2oc3c(C(C)(C)C)cc(C)cc3c3cc(C)cc(C(C)(C)C)c3o2)c1. The zero-order valence-corrected chi connectivity index (χ0v) is 87.5. The van der Waals surface area contributed by atoms with Gasteiger partial charge < -0.3 is 56.4 Å². The molecule has 16 aromatic rings. The lowest BCUT2D eigenvalue weighted by Gasteiger charge is -2.28. The van der Waals surface area contributed by atoms with E-state index in [1.807, 2.05) is 6.07 Å². The van der Waals surface area contributed by atoms with Crippen LogP contribution in [0.3, 0.4) is 0 Å². The fourth-order valence-electron chi connectivity index (χ4n) is 18.5. The van der Waals surface area contributed by atoms with Gasteiger partial charge in [0.2, 0.25) is 0 Å². The zero-order chi connectivity index (χ0) is 95.2. The van der Waals surface area contributed by atoms with E-state index < -0.39 is 38.4 Å². The first kappa shape index (κ1) is 94.9. The van der Waals surface area contributed by atoms with Crippen LogP contribution in [-0.2, 0) is 32.5 Å². The van der Waals surface area contributed by atoms with Gasteiger partial charge in [-0.05, 0) is 324 Å². The molecule has 0 saturated carbocycles. The highest BCUT2D eigenvalue weighted by molar-refractivity contribution is 7.33. The fraction of sp³-hybridized carbons (Fsp3) is 0.368. The Balaban J connectivity index is 0.000000202. The lowest BCUT2D eigenvalue weighted by molar-refractivity contribution is 0.410. The van der Waals surface area contributed by atoms with Gasteiger partial charge in [-0.2, -0.15) is 0 Å². The summed E-state index contributed by atoms with van der Waals surface area (Å²) < 4.78 is 91.7. The van der Waals surface area contributed by atoms with Crippen LogP contribution in [0.1, 0.15) is 253 Å². The Hall–Kier alpha value is -10.8. The molecule has 0 saturated heterocycles. The van der Waals surface area contributed by atoms with Gasteiger partial charge in [-0.3, -0.25) is 0 Å². The number of fused-ring (bicyclic) bond motifs is 12. The van der Waals surface area contributed by atoms with Crippen LogP contribution in [0.2, 0.25) is 0 Å². The van der Waals surface area contributed by atoms with Gasteiger partial charge in [-0.15, -0.1) is 0 Å². The number of hydrogen-bond acceptors (Lipinski definition) is 13. The number of benzene rings is 12. The van der Waals surface area contributed by atoms with Crippen molar-refractivity contribution in [2.75, 3.05) is 7.11 Å². The maximum Gasteiger partial charge on any atom is 0.453 e. The van der Waals surface area contributed by atoms with E-state index in [9.17, 15) is 0 Å². The van der Waals surface area contributed by atoms with E-state index in [1.165, 1.54) is 11.1 Å². The minimum Gasteiger partial charge on any atom is -0.497 e. The second-order valence-corrected chi connectivity index (χ2v) is 47.2. The first-order valence-corrected chi connectivity index (χ1v) is 50.0. The largest absolute Gasteiger partial charge is 0.497 e. The summed E-state index contributed by atoms with van der Waals surface area (Å²) in [5.41, 5.74) is 32.5. The summed E-state index contributed by atoms with van der Waals surface area (Å²) in [6, 6.07) is 52.3. The van der Waals surface area contributed by atoms with E-state index >= 15 is 0 Å². The van der Waals surface area contributed by atoms with Crippen molar-refractivity contribution in [2.24, 2.45) is 0 Å². The van der Waals surface area contributed by atoms with Gasteiger partial charge in [0.15, 0.2) is 0 Å². The molecule has 0 fully saturated rings. The van der Waals surface area contributed by atoms with Gasteiger partial charge in [0, 0.05) is 98.7 Å². The van der Waals surface area contributed by atoms with Crippen molar-refractivity contribution in [1.82, 2.24) is 0 Å². The number of aryl methyl sites for hydroxylation is 17. The lowest BCUT2D eigenvalue weighted by Crippen LogP contribution is -2.15. The molecular formula is C114H132O13P4. The molecule has 131 heavy (non-hydrogen) atoms. The van der Waals surface area contributed by atoms with Gasteiger partial charge in [0.1, 0.15) is 73.4 Å². The van der Waals surface area contributed by atoms with Gasteiger partial charge in [0.05, 0.1) is 7.11 Å². The molecule has 13 nitrogen and oxygen atoms in total. The molecule has 0 radical (unpaired) electrons. The fourth-order valence-corrected chi connectivity index (χ4v) is 23.4. The molecule has 0 N–H and O–H groups in total. The Kier molecular flexibility index (Phi) is 25.3. The predicted octanol–water partition coefficient (Wildman–Crippen LogP) is 37.5. The zero-order valence-electron chi connectivity index (χ0n) is 84.0. The molecule has 0 spiro atoms. The molecule has 12 aromatic carbocycles. The maximum absolute atomic E-state index is 7.52. The van der Waals surface area contributed by atoms with E-state index in [1.54, 1.807) is 7.11 Å². The van der Waals surface area contributed by atoms with Crippen LogP contribution < -0.4 is 22.8 Å². The molecule has 4 heterocycles. The Morgan fingerprint density at radius 1 is 0.183 bits per heavy atom. The molecule has 0 bridgehead atoms. The Bertz CT molecular complexity index is 7220. The third-order valence-corrected chi connectivity index (χ3v) is 28.5. The molecule has 4 aromatic heterocycles. The smallest absolute Gasteiger partial charge is 0.453 e. The summed E-state index contributed by atoms with van der Waals surface area (Å²) in [4.78, 5) is 0. The molecule has 16 rings (SSSR count). The minimum absolute atomic E-state index is 0.214. The van der Waals surface area contributed by atoms with Crippen molar-refractivity contribution in [1.29, 1.82) is 0 Å². The summed E-state index contributed by atoms with van der Waals surface area (Å²) >= 11 is 0. The lowest BCUT2D eigenvalue weighted by atomic mass is 9.81. The molecule has 17 heteroatoms. The topological polar surface area (TPSA) is 151 Å². The molecule has 0 unspecified atom stereocenters. The molecule has 0 aliphatic heterocycles. The van der Waals surface area contributed by atoms with Crippen LogP contribution in [0, 0.1) is 118 Å². The van der Waals surface area contributed by atoms with Gasteiger partial charge in [-0.1, -0.05) is 191 Å². The van der Waals surface area contributed by atoms with Crippen LogP contribution >= 0.6 is 33.0 Å². The van der Waals surface area contributed by atoms with E-state index in [4.69, 9.17) is 56.4 Å². The monoisotopic (exact) mass is 1830 g/mol. The van der Waals surface area contributed by atoms with Crippen molar-refractivity contribution < 1.29 is 56.4 Å². The van der Waals surface area contributed by atoms with Crippen LogP contribution in [0.15, 0.2) is 179 Å². The Morgan fingerprint density at radius 2 is 0.359 bits per heavy atom. The first-order chi connectivity index (χ1) is 61.1. The normalized spacial score (nSPS) is 12.4. The average Bonchev–Trinajstić information content (AvgIpc) is 1.22. The number of methoxy groups -OCH3 is 1. The highest BCUT2D eigenvalue weighted by atomic mass is 31.1. The predicted molar refractivity (Wildman–Crippen MR) is 552 cm³/mol. The molecular weight excluding hydrogens is 1700 g/mol. The van der Waals surface area contributed by atoms with Crippen LogP contribution in [0.25, 0.3) is 110 Å². The quantitative estimate of drug-likeness (QED) is 0.121.